The van der Waals surface area contributed by atoms with E-state index in [0.29, 0.717) is 0 Å². The van der Waals surface area contributed by atoms with Crippen LogP contribution in [-0.4, -0.2) is 0 Å². The first-order valence-electron chi connectivity index (χ1n) is 5.61. The van der Waals surface area contributed by atoms with Crippen LogP contribution in [0.5, 0.6) is 0 Å². The average Bonchev–Trinajstić information content (AvgIpc) is 2.83. The van der Waals surface area contributed by atoms with Crippen molar-refractivity contribution in [3.63, 3.8) is 0 Å². The molecular weight excluding hydrogens is 342 g/mol. The van der Waals surface area contributed by atoms with Crippen LogP contribution in [0.2, 0.25) is 0 Å². The molecule has 98 valence electrons. The molecule has 1 aliphatic rings. The summed E-state index contributed by atoms with van der Waals surface area (Å²) in [5.41, 5.74) is 2.87. The molecule has 0 amide bonds. The van der Waals surface area contributed by atoms with Crippen molar-refractivity contribution in [2.45, 2.75) is 32.1 Å². The van der Waals surface area contributed by atoms with Crippen molar-refractivity contribution >= 4 is 24.8 Å². The molecule has 0 nitrogen and oxygen atoms in total. The molecule has 0 heterocycles. The van der Waals surface area contributed by atoms with Crippen molar-refractivity contribution in [2.75, 3.05) is 0 Å². The summed E-state index contributed by atoms with van der Waals surface area (Å²) < 4.78 is 0. The van der Waals surface area contributed by atoms with E-state index in [4.69, 9.17) is 0 Å². The van der Waals surface area contributed by atoms with Crippen LogP contribution in [0, 0.1) is 6.08 Å². The summed E-state index contributed by atoms with van der Waals surface area (Å²) in [5.74, 6) is 0. The van der Waals surface area contributed by atoms with Crippen molar-refractivity contribution < 1.29 is 26.2 Å². The molecule has 0 aromatic heterocycles. The maximum Gasteiger partial charge on any atom is 0 e. The third-order valence-corrected chi connectivity index (χ3v) is 3.41. The summed E-state index contributed by atoms with van der Waals surface area (Å²) >= 11 is 0. The zero-order chi connectivity index (χ0) is 10.7. The third kappa shape index (κ3) is 4.08. The fourth-order valence-electron chi connectivity index (χ4n) is 2.14. The molecule has 18 heavy (non-hydrogen) atoms. The molecule has 0 saturated heterocycles. The molecule has 1 unspecified atom stereocenters. The van der Waals surface area contributed by atoms with E-state index < -0.39 is 0 Å². The zero-order valence-electron chi connectivity index (χ0n) is 10.8. The van der Waals surface area contributed by atoms with Gasteiger partial charge in [-0.3, -0.25) is 6.08 Å². The number of allylic oxidation sites excluding steroid dienone is 4. The minimum absolute atomic E-state index is 0. The second-order valence-corrected chi connectivity index (χ2v) is 4.25. The molecule has 2 rings (SSSR count). The molecule has 0 radical (unpaired) electrons. The Morgan fingerprint density at radius 2 is 1.78 bits per heavy atom. The van der Waals surface area contributed by atoms with Gasteiger partial charge in [0, 0.05) is 26.2 Å². The Kier molecular flexibility index (Phi) is 10.4. The van der Waals surface area contributed by atoms with Gasteiger partial charge >= 0.3 is 0 Å². The van der Waals surface area contributed by atoms with Crippen molar-refractivity contribution in [3.05, 3.63) is 59.7 Å². The van der Waals surface area contributed by atoms with Crippen molar-refractivity contribution in [1.82, 2.24) is 0 Å². The molecule has 0 fully saturated rings. The van der Waals surface area contributed by atoms with Crippen LogP contribution < -0.4 is 0 Å². The van der Waals surface area contributed by atoms with E-state index in [9.17, 15) is 0 Å². The van der Waals surface area contributed by atoms with Gasteiger partial charge in [0.2, 0.25) is 0 Å². The standard InChI is InChI=1S/C15H17.2ClH.Zr/c1-3-15(2,14-11-7-8-12-14)13-9-5-4-6-10-13;;;/h4-7,9-11H,3,8H2,1-2H3;2*1H;/q-1;;;. The maximum absolute atomic E-state index is 3.45. The molecule has 0 saturated carbocycles. The van der Waals surface area contributed by atoms with E-state index in [1.807, 2.05) is 0 Å². The molecule has 0 bridgehead atoms. The maximum atomic E-state index is 3.45. The van der Waals surface area contributed by atoms with Gasteiger partial charge in [-0.05, 0) is 17.4 Å². The Morgan fingerprint density at radius 1 is 1.17 bits per heavy atom. The van der Waals surface area contributed by atoms with Gasteiger partial charge in [-0.2, -0.15) is 6.08 Å². The number of hydrogen-bond acceptors (Lipinski definition) is 0. The minimum atomic E-state index is 0. The van der Waals surface area contributed by atoms with Crippen LogP contribution in [0.15, 0.2) is 48.1 Å². The second kappa shape index (κ2) is 9.13. The van der Waals surface area contributed by atoms with E-state index in [1.165, 1.54) is 11.1 Å². The Labute approximate surface area is 142 Å². The fraction of sp³-hybridized carbons (Fsp3) is 0.333. The molecule has 1 aromatic rings. The van der Waals surface area contributed by atoms with E-state index in [-0.39, 0.29) is 56.4 Å². The Bertz CT molecular complexity index is 398. The van der Waals surface area contributed by atoms with Gasteiger partial charge in [0.15, 0.2) is 0 Å². The van der Waals surface area contributed by atoms with Crippen molar-refractivity contribution in [2.24, 2.45) is 0 Å². The van der Waals surface area contributed by atoms with Gasteiger partial charge < -0.3 is 0 Å². The molecular formula is C15H19Cl2Zr-. The quantitative estimate of drug-likeness (QED) is 0.673. The summed E-state index contributed by atoms with van der Waals surface area (Å²) in [5, 5.41) is 0. The zero-order valence-corrected chi connectivity index (χ0v) is 14.9. The Balaban J connectivity index is 0. The van der Waals surface area contributed by atoms with Gasteiger partial charge in [0.1, 0.15) is 0 Å². The van der Waals surface area contributed by atoms with Gasteiger partial charge in [-0.15, -0.1) is 31.2 Å². The van der Waals surface area contributed by atoms with Crippen LogP contribution in [0.25, 0.3) is 0 Å². The fourth-order valence-corrected chi connectivity index (χ4v) is 2.14. The van der Waals surface area contributed by atoms with Gasteiger partial charge in [0.25, 0.3) is 0 Å². The van der Waals surface area contributed by atoms with Crippen LogP contribution in [0.1, 0.15) is 32.3 Å². The summed E-state index contributed by atoms with van der Waals surface area (Å²) in [6, 6.07) is 10.7. The first kappa shape index (κ1) is 20.5. The smallest absolute Gasteiger partial charge is 0 e. The van der Waals surface area contributed by atoms with E-state index in [0.717, 1.165) is 12.8 Å². The largest absolute Gasteiger partial charge is 0.269 e. The monoisotopic (exact) mass is 359 g/mol. The van der Waals surface area contributed by atoms with E-state index in [1.54, 1.807) is 0 Å². The number of halogens is 2. The molecule has 3 heteroatoms. The van der Waals surface area contributed by atoms with E-state index in [2.05, 4.69) is 62.4 Å². The van der Waals surface area contributed by atoms with Crippen LogP contribution in [0.3, 0.4) is 0 Å². The number of benzene rings is 1. The van der Waals surface area contributed by atoms with Gasteiger partial charge in [0.05, 0.1) is 0 Å². The van der Waals surface area contributed by atoms with Crippen molar-refractivity contribution in [1.29, 1.82) is 0 Å². The second-order valence-electron chi connectivity index (χ2n) is 4.25. The average molecular weight is 361 g/mol. The van der Waals surface area contributed by atoms with Crippen LogP contribution in [0.4, 0.5) is 0 Å². The van der Waals surface area contributed by atoms with Crippen molar-refractivity contribution in [3.8, 4) is 0 Å². The summed E-state index contributed by atoms with van der Waals surface area (Å²) in [6.07, 6.45) is 9.94. The Morgan fingerprint density at radius 3 is 2.22 bits per heavy atom. The summed E-state index contributed by atoms with van der Waals surface area (Å²) in [7, 11) is 0. The van der Waals surface area contributed by atoms with Gasteiger partial charge in [-0.25, -0.2) is 11.6 Å². The third-order valence-electron chi connectivity index (χ3n) is 3.41. The van der Waals surface area contributed by atoms with E-state index >= 15 is 0 Å². The minimum Gasteiger partial charge on any atom is -0.269 e. The SMILES string of the molecule is CCC(C)(C1=[C-]CC=C1)c1ccccc1.Cl.Cl.[Zr]. The van der Waals surface area contributed by atoms with Crippen LogP contribution >= 0.6 is 24.8 Å². The molecule has 0 N–H and O–H groups in total. The molecule has 0 spiro atoms. The molecule has 1 aromatic carbocycles. The summed E-state index contributed by atoms with van der Waals surface area (Å²) in [4.78, 5) is 0. The predicted octanol–water partition coefficient (Wildman–Crippen LogP) is 4.88. The normalized spacial score (nSPS) is 15.6. The van der Waals surface area contributed by atoms with Crippen LogP contribution in [-0.2, 0) is 31.6 Å². The number of rotatable bonds is 3. The molecule has 1 aliphatic carbocycles. The first-order valence-corrected chi connectivity index (χ1v) is 5.61. The molecule has 0 aliphatic heterocycles. The predicted molar refractivity (Wildman–Crippen MR) is 79.1 cm³/mol. The number of hydrogen-bond donors (Lipinski definition) is 0. The summed E-state index contributed by atoms with van der Waals surface area (Å²) in [6.45, 7) is 4.55. The van der Waals surface area contributed by atoms with Gasteiger partial charge in [-0.1, -0.05) is 44.2 Å². The first-order chi connectivity index (χ1) is 7.27. The Hall–Kier alpha value is 0.163. The topological polar surface area (TPSA) is 0 Å². The molecule has 1 atom stereocenters.